The summed E-state index contributed by atoms with van der Waals surface area (Å²) in [5.74, 6) is -2.37. The van der Waals surface area contributed by atoms with Crippen molar-refractivity contribution in [3.8, 4) is 0 Å². The molecule has 1 atom stereocenters. The molecule has 34 heavy (non-hydrogen) atoms. The van der Waals surface area contributed by atoms with Crippen LogP contribution in [-0.2, 0) is 14.3 Å². The summed E-state index contributed by atoms with van der Waals surface area (Å²) in [5.41, 5.74) is 2.62. The number of aryl methyl sites for hydroxylation is 1. The van der Waals surface area contributed by atoms with Crippen LogP contribution in [0.1, 0.15) is 40.0 Å². The van der Waals surface area contributed by atoms with Crippen LogP contribution < -0.4 is 4.90 Å². The van der Waals surface area contributed by atoms with Crippen molar-refractivity contribution < 1.29 is 24.2 Å². The molecule has 4 rings (SSSR count). The molecule has 0 spiro atoms. The minimum atomic E-state index is -0.874. The molecule has 7 heteroatoms. The first-order chi connectivity index (χ1) is 16.3. The molecule has 0 bridgehead atoms. The number of anilines is 1. The zero-order valence-electron chi connectivity index (χ0n) is 18.6. The number of Topliss-reactive ketones (excluding diaryl/α,β-unsaturated/α-hetero) is 1. The predicted octanol–water partition coefficient (Wildman–Crippen LogP) is 5.56. The minimum absolute atomic E-state index is 0.0144. The van der Waals surface area contributed by atoms with E-state index in [1.54, 1.807) is 55.5 Å². The normalized spacial score (nSPS) is 17.1. The van der Waals surface area contributed by atoms with E-state index in [9.17, 15) is 19.5 Å². The lowest BCUT2D eigenvalue weighted by Crippen LogP contribution is -2.29. The number of hydrogen-bond acceptors (Lipinski definition) is 5. The Balaban J connectivity index is 1.91. The SMILES string of the molecule is CCOC(=O)c1cccc(N2C(=O)C(=O)/C(=C(/O)c3ccc(Br)cc3)C2c2cccc(C)c2)c1. The number of carbonyl (C=O) groups is 3. The van der Waals surface area contributed by atoms with Crippen molar-refractivity contribution >= 4 is 45.0 Å². The standard InChI is InChI=1S/C27H22BrNO5/c1-3-34-27(33)19-8-5-9-21(15-19)29-23(18-7-4-6-16(2)14-18)22(25(31)26(29)32)24(30)17-10-12-20(28)13-11-17/h4-15,23,30H,3H2,1-2H3/b24-22+. The van der Waals surface area contributed by atoms with Gasteiger partial charge in [0.1, 0.15) is 5.76 Å². The maximum Gasteiger partial charge on any atom is 0.338 e. The van der Waals surface area contributed by atoms with Gasteiger partial charge in [0.05, 0.1) is 23.8 Å². The van der Waals surface area contributed by atoms with Gasteiger partial charge in [-0.2, -0.15) is 0 Å². The highest BCUT2D eigenvalue weighted by Gasteiger charge is 2.47. The largest absolute Gasteiger partial charge is 0.507 e. The molecule has 1 heterocycles. The molecule has 1 unspecified atom stereocenters. The number of hydrogen-bond donors (Lipinski definition) is 1. The Hall–Kier alpha value is -3.71. The van der Waals surface area contributed by atoms with Crippen LogP contribution in [0.25, 0.3) is 5.76 Å². The molecule has 1 fully saturated rings. The second kappa shape index (κ2) is 9.65. The first kappa shape index (κ1) is 23.4. The second-order valence-electron chi connectivity index (χ2n) is 7.86. The van der Waals surface area contributed by atoms with E-state index in [0.29, 0.717) is 16.8 Å². The summed E-state index contributed by atoms with van der Waals surface area (Å²) in [6, 6.07) is 19.8. The molecular weight excluding hydrogens is 498 g/mol. The van der Waals surface area contributed by atoms with Crippen LogP contribution in [0.15, 0.2) is 82.8 Å². The Morgan fingerprint density at radius 3 is 2.38 bits per heavy atom. The van der Waals surface area contributed by atoms with Gasteiger partial charge >= 0.3 is 5.97 Å². The summed E-state index contributed by atoms with van der Waals surface area (Å²) in [6.07, 6.45) is 0. The number of rotatable bonds is 5. The van der Waals surface area contributed by atoms with Crippen LogP contribution in [0.4, 0.5) is 5.69 Å². The van der Waals surface area contributed by atoms with Crippen LogP contribution in [0.3, 0.4) is 0 Å². The number of nitrogens with zero attached hydrogens (tertiary/aromatic N) is 1. The van der Waals surface area contributed by atoms with Crippen molar-refractivity contribution in [1.29, 1.82) is 0 Å². The fourth-order valence-electron chi connectivity index (χ4n) is 4.01. The number of aliphatic hydroxyl groups is 1. The van der Waals surface area contributed by atoms with Gasteiger partial charge in [0.2, 0.25) is 0 Å². The molecule has 0 aliphatic carbocycles. The van der Waals surface area contributed by atoms with Gasteiger partial charge in [-0.1, -0.05) is 64.0 Å². The zero-order valence-corrected chi connectivity index (χ0v) is 20.2. The van der Waals surface area contributed by atoms with E-state index in [1.165, 1.54) is 11.0 Å². The smallest absolute Gasteiger partial charge is 0.338 e. The Bertz CT molecular complexity index is 1310. The average molecular weight is 520 g/mol. The van der Waals surface area contributed by atoms with Gasteiger partial charge in [-0.3, -0.25) is 14.5 Å². The number of aliphatic hydroxyl groups excluding tert-OH is 1. The van der Waals surface area contributed by atoms with Gasteiger partial charge in [-0.15, -0.1) is 0 Å². The lowest BCUT2D eigenvalue weighted by Gasteiger charge is -2.26. The molecule has 6 nitrogen and oxygen atoms in total. The lowest BCUT2D eigenvalue weighted by molar-refractivity contribution is -0.132. The van der Waals surface area contributed by atoms with Gasteiger partial charge in [0.15, 0.2) is 0 Å². The number of ketones is 1. The van der Waals surface area contributed by atoms with Crippen molar-refractivity contribution in [2.75, 3.05) is 11.5 Å². The maximum atomic E-state index is 13.3. The number of amides is 1. The molecule has 3 aromatic carbocycles. The maximum absolute atomic E-state index is 13.3. The fourth-order valence-corrected chi connectivity index (χ4v) is 4.28. The van der Waals surface area contributed by atoms with E-state index in [-0.39, 0.29) is 23.5 Å². The van der Waals surface area contributed by atoms with E-state index < -0.39 is 23.7 Å². The molecule has 1 aliphatic heterocycles. The lowest BCUT2D eigenvalue weighted by atomic mass is 9.94. The molecule has 1 saturated heterocycles. The molecule has 1 amide bonds. The van der Waals surface area contributed by atoms with Gasteiger partial charge in [-0.25, -0.2) is 4.79 Å². The Kier molecular flexibility index (Phi) is 6.65. The molecule has 172 valence electrons. The monoisotopic (exact) mass is 519 g/mol. The van der Waals surface area contributed by atoms with Gasteiger partial charge < -0.3 is 9.84 Å². The fraction of sp³-hybridized carbons (Fsp3) is 0.148. The average Bonchev–Trinajstić information content (AvgIpc) is 3.10. The van der Waals surface area contributed by atoms with Crippen LogP contribution in [0.2, 0.25) is 0 Å². The highest BCUT2D eigenvalue weighted by atomic mass is 79.9. The van der Waals surface area contributed by atoms with Crippen molar-refractivity contribution in [3.05, 3.63) is 105 Å². The molecule has 1 aliphatic rings. The first-order valence-corrected chi connectivity index (χ1v) is 11.5. The summed E-state index contributed by atoms with van der Waals surface area (Å²) >= 11 is 3.36. The molecule has 0 aromatic heterocycles. The van der Waals surface area contributed by atoms with Gasteiger partial charge in [-0.05, 0) is 49.7 Å². The summed E-state index contributed by atoms with van der Waals surface area (Å²) < 4.78 is 5.90. The topological polar surface area (TPSA) is 83.9 Å². The number of halogens is 1. The van der Waals surface area contributed by atoms with E-state index in [1.807, 2.05) is 25.1 Å². The van der Waals surface area contributed by atoms with E-state index in [0.717, 1.165) is 10.0 Å². The third-order valence-corrected chi connectivity index (χ3v) is 6.08. The summed E-state index contributed by atoms with van der Waals surface area (Å²) in [7, 11) is 0. The van der Waals surface area contributed by atoms with Crippen LogP contribution >= 0.6 is 15.9 Å². The number of benzene rings is 3. The third kappa shape index (κ3) is 4.39. The zero-order chi connectivity index (χ0) is 24.4. The second-order valence-corrected chi connectivity index (χ2v) is 8.78. The van der Waals surface area contributed by atoms with Crippen molar-refractivity contribution in [2.45, 2.75) is 19.9 Å². The Morgan fingerprint density at radius 2 is 1.71 bits per heavy atom. The number of carbonyl (C=O) groups excluding carboxylic acids is 3. The van der Waals surface area contributed by atoms with Gasteiger partial charge in [0, 0.05) is 15.7 Å². The summed E-state index contributed by atoms with van der Waals surface area (Å²) in [5, 5.41) is 11.2. The third-order valence-electron chi connectivity index (χ3n) is 5.56. The first-order valence-electron chi connectivity index (χ1n) is 10.7. The van der Waals surface area contributed by atoms with Crippen molar-refractivity contribution in [1.82, 2.24) is 0 Å². The molecule has 0 saturated carbocycles. The van der Waals surface area contributed by atoms with E-state index in [4.69, 9.17) is 4.74 Å². The Labute approximate surface area is 205 Å². The highest BCUT2D eigenvalue weighted by molar-refractivity contribution is 9.10. The van der Waals surface area contributed by atoms with E-state index in [2.05, 4.69) is 15.9 Å². The highest BCUT2D eigenvalue weighted by Crippen LogP contribution is 2.42. The number of ether oxygens (including phenoxy) is 1. The molecular formula is C27H22BrNO5. The molecule has 0 radical (unpaired) electrons. The van der Waals surface area contributed by atoms with Crippen molar-refractivity contribution in [3.63, 3.8) is 0 Å². The quantitative estimate of drug-likeness (QED) is 0.206. The minimum Gasteiger partial charge on any atom is -0.507 e. The molecule has 1 N–H and O–H groups in total. The van der Waals surface area contributed by atoms with Crippen LogP contribution in [0, 0.1) is 6.92 Å². The number of esters is 1. The summed E-state index contributed by atoms with van der Waals surface area (Å²) in [6.45, 7) is 3.83. The van der Waals surface area contributed by atoms with Gasteiger partial charge in [0.25, 0.3) is 11.7 Å². The molecule has 3 aromatic rings. The predicted molar refractivity (Wildman–Crippen MR) is 133 cm³/mol. The summed E-state index contributed by atoms with van der Waals surface area (Å²) in [4.78, 5) is 40.2. The van der Waals surface area contributed by atoms with Crippen LogP contribution in [0.5, 0.6) is 0 Å². The van der Waals surface area contributed by atoms with Crippen molar-refractivity contribution in [2.24, 2.45) is 0 Å². The van der Waals surface area contributed by atoms with Crippen LogP contribution in [-0.4, -0.2) is 29.4 Å². The Morgan fingerprint density at radius 1 is 1.00 bits per heavy atom. The van der Waals surface area contributed by atoms with E-state index >= 15 is 0 Å².